The van der Waals surface area contributed by atoms with Gasteiger partial charge < -0.3 is 4.90 Å². The fourth-order valence-corrected chi connectivity index (χ4v) is 6.69. The van der Waals surface area contributed by atoms with Crippen LogP contribution in [0.2, 0.25) is 0 Å². The summed E-state index contributed by atoms with van der Waals surface area (Å²) in [6.45, 7) is 10.5. The summed E-state index contributed by atoms with van der Waals surface area (Å²) < 4.78 is 0. The topological polar surface area (TPSA) is 52.6 Å². The first-order valence-corrected chi connectivity index (χ1v) is 11.9. The summed E-state index contributed by atoms with van der Waals surface area (Å²) in [6.07, 6.45) is 7.03. The van der Waals surface area contributed by atoms with Crippen molar-refractivity contribution in [2.24, 2.45) is 5.92 Å². The van der Waals surface area contributed by atoms with Crippen LogP contribution in [0.15, 0.2) is 6.20 Å². The van der Waals surface area contributed by atoms with Crippen LogP contribution in [0, 0.1) is 12.8 Å². The average molecular weight is 414 g/mol. The molecule has 2 atom stereocenters. The van der Waals surface area contributed by atoms with E-state index in [4.69, 9.17) is 0 Å². The molecule has 0 aromatic carbocycles. The van der Waals surface area contributed by atoms with E-state index in [0.717, 1.165) is 68.3 Å². The van der Waals surface area contributed by atoms with Gasteiger partial charge in [-0.15, -0.1) is 11.3 Å². The van der Waals surface area contributed by atoms with E-state index in [1.54, 1.807) is 11.3 Å². The fourth-order valence-electron chi connectivity index (χ4n) is 5.41. The molecule has 29 heavy (non-hydrogen) atoms. The highest BCUT2D eigenvalue weighted by Gasteiger charge is 2.32. The average Bonchev–Trinajstić information content (AvgIpc) is 3.30. The van der Waals surface area contributed by atoms with Gasteiger partial charge >= 0.3 is 0 Å². The van der Waals surface area contributed by atoms with Crippen molar-refractivity contribution in [2.75, 3.05) is 39.3 Å². The molecule has 0 N–H and O–H groups in total. The highest BCUT2D eigenvalue weighted by Crippen LogP contribution is 2.34. The number of thiophene rings is 1. The minimum absolute atomic E-state index is 0.296. The Hall–Kier alpha value is -1.57. The van der Waals surface area contributed by atoms with Gasteiger partial charge in [-0.1, -0.05) is 13.3 Å². The standard InChI is InChI=1S/C22H31N5OS/c1-15-4-3-5-19(15)26-8-10-27(11-9-26)21(28)14-25-7-6-17-18-12-23-16(2)24-22(18)29-20(17)13-25/h12,15,19H,3-11,13-14H2,1-2H3. The van der Waals surface area contributed by atoms with E-state index in [-0.39, 0.29) is 0 Å². The number of hydrogen-bond acceptors (Lipinski definition) is 6. The highest BCUT2D eigenvalue weighted by atomic mass is 32.1. The molecule has 2 aromatic rings. The first-order valence-electron chi connectivity index (χ1n) is 11.1. The first-order chi connectivity index (χ1) is 14.1. The second-order valence-electron chi connectivity index (χ2n) is 8.99. The number of piperazine rings is 1. The van der Waals surface area contributed by atoms with Crippen LogP contribution in [-0.4, -0.2) is 75.9 Å². The lowest BCUT2D eigenvalue weighted by molar-refractivity contribution is -0.134. The second-order valence-corrected chi connectivity index (χ2v) is 10.1. The van der Waals surface area contributed by atoms with Gasteiger partial charge in [0.2, 0.25) is 5.91 Å². The van der Waals surface area contributed by atoms with Gasteiger partial charge in [0.25, 0.3) is 0 Å². The fraction of sp³-hybridized carbons (Fsp3) is 0.682. The van der Waals surface area contributed by atoms with Crippen LogP contribution in [0.3, 0.4) is 0 Å². The molecule has 7 heteroatoms. The van der Waals surface area contributed by atoms with Crippen LogP contribution >= 0.6 is 11.3 Å². The molecular formula is C22H31N5OS. The zero-order valence-corrected chi connectivity index (χ0v) is 18.4. The molecule has 0 bridgehead atoms. The molecule has 1 saturated heterocycles. The minimum Gasteiger partial charge on any atom is -0.339 e. The lowest BCUT2D eigenvalue weighted by atomic mass is 10.0. The summed E-state index contributed by atoms with van der Waals surface area (Å²) >= 11 is 1.77. The summed E-state index contributed by atoms with van der Waals surface area (Å²) in [5, 5.41) is 1.21. The first kappa shape index (κ1) is 19.4. The van der Waals surface area contributed by atoms with Crippen LogP contribution in [0.5, 0.6) is 0 Å². The van der Waals surface area contributed by atoms with E-state index >= 15 is 0 Å². The third kappa shape index (κ3) is 3.80. The Morgan fingerprint density at radius 3 is 2.79 bits per heavy atom. The van der Waals surface area contributed by atoms with E-state index in [1.165, 1.54) is 35.1 Å². The van der Waals surface area contributed by atoms with Crippen molar-refractivity contribution in [2.45, 2.75) is 52.1 Å². The molecule has 2 fully saturated rings. The quantitative estimate of drug-likeness (QED) is 0.774. The van der Waals surface area contributed by atoms with Gasteiger partial charge in [-0.3, -0.25) is 14.6 Å². The molecule has 2 aliphatic heterocycles. The molecule has 4 heterocycles. The number of fused-ring (bicyclic) bond motifs is 3. The Bertz CT molecular complexity index is 904. The molecule has 1 amide bonds. The van der Waals surface area contributed by atoms with E-state index < -0.39 is 0 Å². The molecular weight excluding hydrogens is 382 g/mol. The van der Waals surface area contributed by atoms with Crippen molar-refractivity contribution in [1.29, 1.82) is 0 Å². The largest absolute Gasteiger partial charge is 0.339 e. The third-order valence-corrected chi connectivity index (χ3v) is 8.24. The third-order valence-electron chi connectivity index (χ3n) is 7.11. The summed E-state index contributed by atoms with van der Waals surface area (Å²) in [6, 6.07) is 0.743. The monoisotopic (exact) mass is 413 g/mol. The Balaban J connectivity index is 1.17. The smallest absolute Gasteiger partial charge is 0.236 e. The summed E-state index contributed by atoms with van der Waals surface area (Å²) in [7, 11) is 0. The van der Waals surface area contributed by atoms with Crippen molar-refractivity contribution in [3.05, 3.63) is 22.5 Å². The molecule has 3 aliphatic rings. The summed E-state index contributed by atoms with van der Waals surface area (Å²) in [5.41, 5.74) is 1.40. The van der Waals surface area contributed by atoms with E-state index in [0.29, 0.717) is 12.5 Å². The summed E-state index contributed by atoms with van der Waals surface area (Å²) in [5.74, 6) is 1.94. The van der Waals surface area contributed by atoms with Crippen LogP contribution in [-0.2, 0) is 17.8 Å². The van der Waals surface area contributed by atoms with Gasteiger partial charge in [0.05, 0.1) is 6.54 Å². The maximum Gasteiger partial charge on any atom is 0.236 e. The van der Waals surface area contributed by atoms with Crippen molar-refractivity contribution >= 4 is 27.5 Å². The Morgan fingerprint density at radius 1 is 1.21 bits per heavy atom. The molecule has 1 aliphatic carbocycles. The van der Waals surface area contributed by atoms with Crippen LogP contribution in [0.25, 0.3) is 10.2 Å². The van der Waals surface area contributed by atoms with Crippen LogP contribution < -0.4 is 0 Å². The van der Waals surface area contributed by atoms with Gasteiger partial charge in [0, 0.05) is 61.8 Å². The van der Waals surface area contributed by atoms with Crippen molar-refractivity contribution < 1.29 is 4.79 Å². The van der Waals surface area contributed by atoms with Gasteiger partial charge in [-0.25, -0.2) is 9.97 Å². The summed E-state index contributed by atoms with van der Waals surface area (Å²) in [4.78, 5) is 31.4. The second kappa shape index (κ2) is 7.93. The van der Waals surface area contributed by atoms with Gasteiger partial charge in [-0.2, -0.15) is 0 Å². The molecule has 1 saturated carbocycles. The molecule has 156 valence electrons. The SMILES string of the molecule is Cc1ncc2c3c(sc2n1)CN(CC(=O)N1CCN(C2CCCC2C)CC1)CC3. The molecule has 2 aromatic heterocycles. The number of nitrogens with zero attached hydrogens (tertiary/aromatic N) is 5. The number of hydrogen-bond donors (Lipinski definition) is 0. The van der Waals surface area contributed by atoms with Crippen LogP contribution in [0.4, 0.5) is 0 Å². The number of amides is 1. The van der Waals surface area contributed by atoms with E-state index in [1.807, 2.05) is 13.1 Å². The van der Waals surface area contributed by atoms with Gasteiger partial charge in [0.1, 0.15) is 10.7 Å². The van der Waals surface area contributed by atoms with Crippen molar-refractivity contribution in [1.82, 2.24) is 24.7 Å². The number of aryl methyl sites for hydroxylation is 1. The van der Waals surface area contributed by atoms with Crippen molar-refractivity contribution in [3.63, 3.8) is 0 Å². The van der Waals surface area contributed by atoms with Crippen LogP contribution in [0.1, 0.15) is 42.5 Å². The minimum atomic E-state index is 0.296. The van der Waals surface area contributed by atoms with E-state index in [2.05, 4.69) is 31.6 Å². The number of rotatable bonds is 3. The maximum atomic E-state index is 12.9. The number of carbonyl (C=O) groups excluding carboxylic acids is 1. The number of carbonyl (C=O) groups is 1. The predicted octanol–water partition coefficient (Wildman–Crippen LogP) is 2.69. The normalized spacial score (nSPS) is 26.2. The number of aromatic nitrogens is 2. The Kier molecular flexibility index (Phi) is 5.30. The lowest BCUT2D eigenvalue weighted by Crippen LogP contribution is -2.54. The Morgan fingerprint density at radius 2 is 2.03 bits per heavy atom. The predicted molar refractivity (Wildman–Crippen MR) is 116 cm³/mol. The molecule has 0 radical (unpaired) electrons. The molecule has 0 spiro atoms. The van der Waals surface area contributed by atoms with E-state index in [9.17, 15) is 4.79 Å². The van der Waals surface area contributed by atoms with Crippen molar-refractivity contribution in [3.8, 4) is 0 Å². The maximum absolute atomic E-state index is 12.9. The highest BCUT2D eigenvalue weighted by molar-refractivity contribution is 7.18. The lowest BCUT2D eigenvalue weighted by Gasteiger charge is -2.40. The molecule has 5 rings (SSSR count). The van der Waals surface area contributed by atoms with Gasteiger partial charge in [0.15, 0.2) is 0 Å². The Labute approximate surface area is 176 Å². The zero-order chi connectivity index (χ0) is 20.0. The molecule has 2 unspecified atom stereocenters. The van der Waals surface area contributed by atoms with Gasteiger partial charge in [-0.05, 0) is 37.7 Å². The zero-order valence-electron chi connectivity index (χ0n) is 17.6. The molecule has 6 nitrogen and oxygen atoms in total.